The molecule has 1 aliphatic rings. The van der Waals surface area contributed by atoms with Crippen molar-refractivity contribution in [3.8, 4) is 11.5 Å². The van der Waals surface area contributed by atoms with Crippen molar-refractivity contribution in [1.82, 2.24) is 10.2 Å². The normalized spacial score (nSPS) is 17.2. The minimum Gasteiger partial charge on any atom is -0.497 e. The molecule has 0 spiro atoms. The Kier molecular flexibility index (Phi) is 9.56. The molecule has 2 rings (SSSR count). The number of nitrogens with one attached hydrogen (secondary N) is 1. The first-order chi connectivity index (χ1) is 12.6. The number of methoxy groups -OCH3 is 1. The predicted octanol–water partition coefficient (Wildman–Crippen LogP) is 1.34. The Morgan fingerprint density at radius 1 is 1.35 bits per heavy atom. The van der Waals surface area contributed by atoms with E-state index in [0.717, 1.165) is 55.3 Å². The fraction of sp³-hybridized carbons (Fsp3) is 0.684. The monoisotopic (exact) mass is 384 g/mol. The Bertz CT molecular complexity index is 524. The quantitative estimate of drug-likeness (QED) is 0.497. The lowest BCUT2D eigenvalue weighted by molar-refractivity contribution is 0.0336. The molecule has 0 aromatic heterocycles. The van der Waals surface area contributed by atoms with Gasteiger partial charge in [-0.1, -0.05) is 0 Å². The van der Waals surface area contributed by atoms with E-state index in [2.05, 4.69) is 16.5 Å². The van der Waals surface area contributed by atoms with Crippen LogP contribution in [-0.2, 0) is 6.54 Å². The van der Waals surface area contributed by atoms with Crippen molar-refractivity contribution in [3.05, 3.63) is 23.8 Å². The van der Waals surface area contributed by atoms with Crippen LogP contribution in [0.3, 0.4) is 0 Å². The van der Waals surface area contributed by atoms with Gasteiger partial charge in [-0.05, 0) is 37.3 Å². The number of likely N-dealkylation sites (tertiary alicyclic amines) is 1. The molecule has 1 aliphatic heterocycles. The van der Waals surface area contributed by atoms with E-state index in [4.69, 9.17) is 9.47 Å². The summed E-state index contributed by atoms with van der Waals surface area (Å²) >= 11 is 1.81. The second-order valence-electron chi connectivity index (χ2n) is 6.64. The second kappa shape index (κ2) is 11.7. The second-order valence-corrected chi connectivity index (χ2v) is 7.63. The summed E-state index contributed by atoms with van der Waals surface area (Å²) < 4.78 is 11.2. The highest BCUT2D eigenvalue weighted by Crippen LogP contribution is 2.24. The van der Waals surface area contributed by atoms with E-state index in [0.29, 0.717) is 13.1 Å². The van der Waals surface area contributed by atoms with Gasteiger partial charge in [0.2, 0.25) is 0 Å². The Hall–Kier alpha value is -0.990. The van der Waals surface area contributed by atoms with E-state index >= 15 is 0 Å². The molecule has 26 heavy (non-hydrogen) atoms. The molecule has 0 unspecified atom stereocenters. The van der Waals surface area contributed by atoms with Gasteiger partial charge in [-0.2, -0.15) is 11.8 Å². The number of benzene rings is 1. The highest BCUT2D eigenvalue weighted by atomic mass is 32.2. The molecule has 1 aromatic carbocycles. The predicted molar refractivity (Wildman–Crippen MR) is 106 cm³/mol. The average Bonchev–Trinajstić information content (AvgIpc) is 2.66. The van der Waals surface area contributed by atoms with Gasteiger partial charge in [0.25, 0.3) is 0 Å². The number of aliphatic hydroxyl groups is 2. The van der Waals surface area contributed by atoms with Gasteiger partial charge in [0.1, 0.15) is 24.2 Å². The van der Waals surface area contributed by atoms with Crippen LogP contribution in [0.4, 0.5) is 0 Å². The lowest BCUT2D eigenvalue weighted by atomic mass is 10.1. The number of hydrogen-bond donors (Lipinski definition) is 3. The number of rotatable bonds is 11. The topological polar surface area (TPSA) is 74.2 Å². The molecule has 148 valence electrons. The first-order valence-corrected chi connectivity index (χ1v) is 10.6. The van der Waals surface area contributed by atoms with Gasteiger partial charge in [-0.3, -0.25) is 0 Å². The van der Waals surface area contributed by atoms with Gasteiger partial charge < -0.3 is 29.9 Å². The number of piperidine rings is 1. The van der Waals surface area contributed by atoms with Crippen molar-refractivity contribution >= 4 is 11.8 Å². The fourth-order valence-electron chi connectivity index (χ4n) is 3.00. The molecule has 0 amide bonds. The van der Waals surface area contributed by atoms with Crippen LogP contribution in [0.15, 0.2) is 18.2 Å². The van der Waals surface area contributed by atoms with Crippen molar-refractivity contribution in [3.63, 3.8) is 0 Å². The van der Waals surface area contributed by atoms with Gasteiger partial charge in [-0.15, -0.1) is 0 Å². The van der Waals surface area contributed by atoms with Crippen molar-refractivity contribution in [2.75, 3.05) is 51.9 Å². The van der Waals surface area contributed by atoms with Crippen LogP contribution in [0.1, 0.15) is 18.4 Å². The van der Waals surface area contributed by atoms with Crippen LogP contribution >= 0.6 is 11.8 Å². The van der Waals surface area contributed by atoms with Gasteiger partial charge in [-0.25, -0.2) is 0 Å². The van der Waals surface area contributed by atoms with Crippen molar-refractivity contribution in [2.45, 2.75) is 31.6 Å². The number of aliphatic hydroxyl groups excluding tert-OH is 2. The summed E-state index contributed by atoms with van der Waals surface area (Å²) in [4.78, 5) is 2.18. The molecule has 1 atom stereocenters. The van der Waals surface area contributed by atoms with E-state index in [9.17, 15) is 10.2 Å². The van der Waals surface area contributed by atoms with Crippen LogP contribution in [-0.4, -0.2) is 79.2 Å². The average molecular weight is 385 g/mol. The maximum atomic E-state index is 10.3. The van der Waals surface area contributed by atoms with Gasteiger partial charge in [0.15, 0.2) is 0 Å². The summed E-state index contributed by atoms with van der Waals surface area (Å²) in [5.41, 5.74) is 1.03. The zero-order valence-electron chi connectivity index (χ0n) is 15.8. The van der Waals surface area contributed by atoms with E-state index in [1.54, 1.807) is 7.11 Å². The third kappa shape index (κ3) is 7.32. The molecule has 7 heteroatoms. The third-order valence-electron chi connectivity index (χ3n) is 4.52. The Morgan fingerprint density at radius 3 is 2.81 bits per heavy atom. The number of nitrogens with zero attached hydrogens (tertiary/aromatic N) is 1. The Morgan fingerprint density at radius 2 is 2.12 bits per heavy atom. The SMILES string of the molecule is COc1ccc(OC[C@H](O)CN2CCC(O)CC2)c(CNCCSC)c1. The molecule has 1 heterocycles. The number of hydrogen-bond acceptors (Lipinski definition) is 7. The summed E-state index contributed by atoms with van der Waals surface area (Å²) in [6.07, 6.45) is 2.90. The van der Waals surface area contributed by atoms with Gasteiger partial charge in [0.05, 0.1) is 13.2 Å². The first-order valence-electron chi connectivity index (χ1n) is 9.20. The third-order valence-corrected chi connectivity index (χ3v) is 5.14. The van der Waals surface area contributed by atoms with Crippen LogP contribution in [0, 0.1) is 0 Å². The smallest absolute Gasteiger partial charge is 0.124 e. The van der Waals surface area contributed by atoms with Crippen molar-refractivity contribution in [2.24, 2.45) is 0 Å². The molecular weight excluding hydrogens is 352 g/mol. The summed E-state index contributed by atoms with van der Waals surface area (Å²) in [7, 11) is 1.65. The Balaban J connectivity index is 1.84. The van der Waals surface area contributed by atoms with Crippen molar-refractivity contribution in [1.29, 1.82) is 0 Å². The number of β-amino-alcohol motifs (C(OH)–C–C–N with tert-alkyl or cyclic N) is 1. The lowest BCUT2D eigenvalue weighted by Crippen LogP contribution is -2.41. The molecule has 0 aliphatic carbocycles. The largest absolute Gasteiger partial charge is 0.497 e. The number of ether oxygens (including phenoxy) is 2. The zero-order chi connectivity index (χ0) is 18.8. The van der Waals surface area contributed by atoms with Crippen LogP contribution in [0.25, 0.3) is 0 Å². The molecular formula is C19H32N2O4S. The molecule has 1 aromatic rings. The standard InChI is InChI=1S/C19H32N2O4S/c1-24-18-3-4-19(15(11-18)12-20-7-10-26-2)25-14-17(23)13-21-8-5-16(22)6-9-21/h3-4,11,16-17,20,22-23H,5-10,12-14H2,1-2H3/t17-/m1/s1. The van der Waals surface area contributed by atoms with E-state index in [1.807, 2.05) is 30.0 Å². The highest BCUT2D eigenvalue weighted by molar-refractivity contribution is 7.98. The van der Waals surface area contributed by atoms with Gasteiger partial charge >= 0.3 is 0 Å². The maximum absolute atomic E-state index is 10.3. The highest BCUT2D eigenvalue weighted by Gasteiger charge is 2.19. The van der Waals surface area contributed by atoms with Crippen LogP contribution in [0.5, 0.6) is 11.5 Å². The molecule has 6 nitrogen and oxygen atoms in total. The molecule has 1 saturated heterocycles. The molecule has 0 saturated carbocycles. The zero-order valence-corrected chi connectivity index (χ0v) is 16.6. The van der Waals surface area contributed by atoms with Crippen molar-refractivity contribution < 1.29 is 19.7 Å². The van der Waals surface area contributed by atoms with Crippen LogP contribution in [0.2, 0.25) is 0 Å². The van der Waals surface area contributed by atoms with Crippen LogP contribution < -0.4 is 14.8 Å². The molecule has 1 fully saturated rings. The fourth-order valence-corrected chi connectivity index (χ4v) is 3.35. The first kappa shape index (κ1) is 21.3. The maximum Gasteiger partial charge on any atom is 0.124 e. The van der Waals surface area contributed by atoms with E-state index < -0.39 is 6.10 Å². The molecule has 3 N–H and O–H groups in total. The van der Waals surface area contributed by atoms with E-state index in [1.165, 1.54) is 0 Å². The van der Waals surface area contributed by atoms with Gasteiger partial charge in [0, 0.05) is 44.0 Å². The lowest BCUT2D eigenvalue weighted by Gasteiger charge is -2.31. The summed E-state index contributed by atoms with van der Waals surface area (Å²) in [5.74, 6) is 2.63. The Labute approximate surface area is 160 Å². The summed E-state index contributed by atoms with van der Waals surface area (Å²) in [5, 5.41) is 23.3. The summed E-state index contributed by atoms with van der Waals surface area (Å²) in [6, 6.07) is 5.74. The number of thioether (sulfide) groups is 1. The minimum atomic E-state index is -0.551. The van der Waals surface area contributed by atoms with E-state index in [-0.39, 0.29) is 12.7 Å². The molecule has 0 radical (unpaired) electrons. The molecule has 0 bridgehead atoms. The minimum absolute atomic E-state index is 0.194. The summed E-state index contributed by atoms with van der Waals surface area (Å²) in [6.45, 7) is 4.11.